The van der Waals surface area contributed by atoms with Gasteiger partial charge in [0.25, 0.3) is 0 Å². The van der Waals surface area contributed by atoms with Crippen LogP contribution >= 0.6 is 0 Å². The molecule has 19 heavy (non-hydrogen) atoms. The van der Waals surface area contributed by atoms with Crippen molar-refractivity contribution >= 4 is 13.0 Å². The predicted octanol–water partition coefficient (Wildman–Crippen LogP) is 2.27. The summed E-state index contributed by atoms with van der Waals surface area (Å²) in [6.07, 6.45) is -2.31. The van der Waals surface area contributed by atoms with E-state index in [9.17, 15) is 18.0 Å². The average molecular weight is 279 g/mol. The Morgan fingerprint density at radius 2 is 1.68 bits per heavy atom. The van der Waals surface area contributed by atoms with Crippen molar-refractivity contribution in [3.05, 3.63) is 12.3 Å². The zero-order chi connectivity index (χ0) is 14.9. The van der Waals surface area contributed by atoms with Crippen molar-refractivity contribution in [3.8, 4) is 0 Å². The summed E-state index contributed by atoms with van der Waals surface area (Å²) in [7, 11) is -0.538. The maximum atomic E-state index is 11.9. The molecule has 1 rings (SSSR count). The Morgan fingerprint density at radius 1 is 1.21 bits per heavy atom. The van der Waals surface area contributed by atoms with Crippen LogP contribution < -0.4 is 5.32 Å². The van der Waals surface area contributed by atoms with E-state index in [2.05, 4.69) is 0 Å². The molecular formula is C11H17BF3NO3. The molecule has 1 amide bonds. The molecule has 0 aliphatic carbocycles. The molecule has 108 valence electrons. The highest BCUT2D eigenvalue weighted by Gasteiger charge is 2.50. The third-order valence-electron chi connectivity index (χ3n) is 3.22. The van der Waals surface area contributed by atoms with E-state index in [0.29, 0.717) is 0 Å². The van der Waals surface area contributed by atoms with Crippen molar-refractivity contribution in [2.24, 2.45) is 0 Å². The van der Waals surface area contributed by atoms with Crippen molar-refractivity contribution in [2.45, 2.75) is 51.4 Å². The molecule has 8 heteroatoms. The highest BCUT2D eigenvalue weighted by atomic mass is 19.4. The zero-order valence-electron chi connectivity index (χ0n) is 11.3. The van der Waals surface area contributed by atoms with Gasteiger partial charge in [0, 0.05) is 6.32 Å². The number of amides is 1. The molecule has 0 spiro atoms. The van der Waals surface area contributed by atoms with Gasteiger partial charge < -0.3 is 14.6 Å². The number of carbonyl (C=O) groups excluding carboxylic acids is 1. The molecule has 0 aromatic heterocycles. The number of rotatable bonds is 3. The molecule has 1 heterocycles. The van der Waals surface area contributed by atoms with Crippen LogP contribution in [0.5, 0.6) is 0 Å². The molecular weight excluding hydrogens is 262 g/mol. The van der Waals surface area contributed by atoms with E-state index in [1.807, 2.05) is 27.7 Å². The lowest BCUT2D eigenvalue weighted by Gasteiger charge is -2.32. The lowest BCUT2D eigenvalue weighted by atomic mass is 9.85. The second-order valence-corrected chi connectivity index (χ2v) is 5.30. The fourth-order valence-corrected chi connectivity index (χ4v) is 1.46. The van der Waals surface area contributed by atoms with Gasteiger partial charge in [0.05, 0.1) is 11.2 Å². The van der Waals surface area contributed by atoms with E-state index in [0.717, 1.165) is 6.20 Å². The lowest BCUT2D eigenvalue weighted by Crippen LogP contribution is -2.41. The molecule has 0 aromatic rings. The van der Waals surface area contributed by atoms with Crippen LogP contribution in [0.3, 0.4) is 0 Å². The van der Waals surface area contributed by atoms with Crippen molar-refractivity contribution in [1.29, 1.82) is 0 Å². The maximum absolute atomic E-state index is 11.9. The molecule has 1 fully saturated rings. The quantitative estimate of drug-likeness (QED) is 0.806. The fourth-order valence-electron chi connectivity index (χ4n) is 1.46. The molecule has 0 saturated carbocycles. The van der Waals surface area contributed by atoms with Gasteiger partial charge >= 0.3 is 19.2 Å². The SMILES string of the molecule is CC1(C)OB(CC=CNC(=O)C(F)(F)F)OC1(C)C. The number of carbonyl (C=O) groups is 1. The Balaban J connectivity index is 2.42. The van der Waals surface area contributed by atoms with Crippen molar-refractivity contribution in [3.63, 3.8) is 0 Å². The Morgan fingerprint density at radius 3 is 2.11 bits per heavy atom. The molecule has 0 unspecified atom stereocenters. The van der Waals surface area contributed by atoms with Crippen molar-refractivity contribution in [1.82, 2.24) is 5.32 Å². The first-order chi connectivity index (χ1) is 8.46. The number of nitrogens with one attached hydrogen (secondary N) is 1. The molecule has 1 saturated heterocycles. The van der Waals surface area contributed by atoms with E-state index < -0.39 is 30.4 Å². The van der Waals surface area contributed by atoms with Crippen molar-refractivity contribution < 1.29 is 27.3 Å². The van der Waals surface area contributed by atoms with Gasteiger partial charge in [-0.05, 0) is 33.9 Å². The molecule has 1 aliphatic heterocycles. The number of halogens is 3. The van der Waals surface area contributed by atoms with Gasteiger partial charge in [-0.25, -0.2) is 0 Å². The van der Waals surface area contributed by atoms with Crippen LogP contribution in [0.25, 0.3) is 0 Å². The standard InChI is InChI=1S/C11H17BF3NO3/c1-9(2)10(3,4)19-12(18-9)6-5-7-16-8(17)11(13,14)15/h5,7H,6H2,1-4H3,(H,16,17). The highest BCUT2D eigenvalue weighted by Crippen LogP contribution is 2.37. The van der Waals surface area contributed by atoms with E-state index in [4.69, 9.17) is 9.31 Å². The third kappa shape index (κ3) is 3.97. The van der Waals surface area contributed by atoms with Gasteiger partial charge in [-0.15, -0.1) is 0 Å². The summed E-state index contributed by atoms with van der Waals surface area (Å²) >= 11 is 0. The van der Waals surface area contributed by atoms with Gasteiger partial charge in [0.15, 0.2) is 0 Å². The van der Waals surface area contributed by atoms with Gasteiger partial charge in [-0.3, -0.25) is 4.79 Å². The Kier molecular flexibility index (Phi) is 4.36. The predicted molar refractivity (Wildman–Crippen MR) is 64.2 cm³/mol. The second-order valence-electron chi connectivity index (χ2n) is 5.30. The van der Waals surface area contributed by atoms with Gasteiger partial charge in [-0.2, -0.15) is 13.2 Å². The van der Waals surface area contributed by atoms with E-state index in [1.165, 1.54) is 6.08 Å². The summed E-state index contributed by atoms with van der Waals surface area (Å²) < 4.78 is 46.9. The first-order valence-corrected chi connectivity index (χ1v) is 5.84. The normalized spacial score (nSPS) is 21.9. The number of hydrogen-bond donors (Lipinski definition) is 1. The summed E-state index contributed by atoms with van der Waals surface area (Å²) in [5.74, 6) is -2.00. The number of alkyl halides is 3. The lowest BCUT2D eigenvalue weighted by molar-refractivity contribution is -0.172. The summed E-state index contributed by atoms with van der Waals surface area (Å²) in [5.41, 5.74) is -0.971. The third-order valence-corrected chi connectivity index (χ3v) is 3.22. The maximum Gasteiger partial charge on any atom is 0.471 e. The van der Waals surface area contributed by atoms with E-state index in [1.54, 1.807) is 5.32 Å². The number of hydrogen-bond acceptors (Lipinski definition) is 3. The number of allylic oxidation sites excluding steroid dienone is 1. The largest absolute Gasteiger partial charge is 0.471 e. The Hall–Kier alpha value is -1.02. The average Bonchev–Trinajstić information content (AvgIpc) is 2.40. The van der Waals surface area contributed by atoms with Crippen LogP contribution in [0.15, 0.2) is 12.3 Å². The van der Waals surface area contributed by atoms with Gasteiger partial charge in [0.1, 0.15) is 0 Å². The summed E-state index contributed by atoms with van der Waals surface area (Å²) in [5, 5.41) is 1.63. The molecule has 1 N–H and O–H groups in total. The van der Waals surface area contributed by atoms with Crippen molar-refractivity contribution in [2.75, 3.05) is 0 Å². The molecule has 0 bridgehead atoms. The summed E-state index contributed by atoms with van der Waals surface area (Å²) in [4.78, 5) is 10.5. The molecule has 1 aliphatic rings. The zero-order valence-corrected chi connectivity index (χ0v) is 11.3. The Labute approximate surface area is 110 Å². The summed E-state index contributed by atoms with van der Waals surface area (Å²) in [6.45, 7) is 7.51. The minimum atomic E-state index is -4.88. The second kappa shape index (κ2) is 5.17. The summed E-state index contributed by atoms with van der Waals surface area (Å²) in [6, 6.07) is 0. The van der Waals surface area contributed by atoms with Crippen LogP contribution in [0.2, 0.25) is 6.32 Å². The smallest absolute Gasteiger partial charge is 0.403 e. The van der Waals surface area contributed by atoms with Gasteiger partial charge in [-0.1, -0.05) is 6.08 Å². The first-order valence-electron chi connectivity index (χ1n) is 5.84. The van der Waals surface area contributed by atoms with E-state index in [-0.39, 0.29) is 6.32 Å². The fraction of sp³-hybridized carbons (Fsp3) is 0.727. The van der Waals surface area contributed by atoms with Crippen LogP contribution in [-0.2, 0) is 14.1 Å². The molecule has 4 nitrogen and oxygen atoms in total. The molecule has 0 radical (unpaired) electrons. The van der Waals surface area contributed by atoms with E-state index >= 15 is 0 Å². The minimum Gasteiger partial charge on any atom is -0.403 e. The first kappa shape index (κ1) is 16.0. The monoisotopic (exact) mass is 279 g/mol. The Bertz CT molecular complexity index is 364. The van der Waals surface area contributed by atoms with Gasteiger partial charge in [0.2, 0.25) is 0 Å². The van der Waals surface area contributed by atoms with Crippen LogP contribution in [0.4, 0.5) is 13.2 Å². The van der Waals surface area contributed by atoms with Crippen LogP contribution in [0, 0.1) is 0 Å². The highest BCUT2D eigenvalue weighted by molar-refractivity contribution is 6.46. The topological polar surface area (TPSA) is 47.6 Å². The van der Waals surface area contributed by atoms with Crippen LogP contribution in [-0.4, -0.2) is 30.4 Å². The molecule has 0 atom stereocenters. The van der Waals surface area contributed by atoms with Crippen LogP contribution in [0.1, 0.15) is 27.7 Å². The minimum absolute atomic E-state index is 0.255. The molecule has 0 aromatic carbocycles.